The summed E-state index contributed by atoms with van der Waals surface area (Å²) in [6.45, 7) is 6.18. The monoisotopic (exact) mass is 166 g/mol. The Hall–Kier alpha value is -0.620. The topological polar surface area (TPSA) is 24.7 Å². The molecule has 0 aromatic rings. The van der Waals surface area contributed by atoms with Crippen LogP contribution in [-0.2, 0) is 0 Å². The van der Waals surface area contributed by atoms with E-state index in [1.54, 1.807) is 0 Å². The van der Waals surface area contributed by atoms with Crippen LogP contribution >= 0.6 is 0 Å². The molecule has 0 spiro atoms. The van der Waals surface area contributed by atoms with Crippen molar-refractivity contribution in [3.05, 3.63) is 0 Å². The van der Waals surface area contributed by atoms with Crippen molar-refractivity contribution in [1.82, 2.24) is 0 Å². The van der Waals surface area contributed by atoms with Gasteiger partial charge in [-0.1, -0.05) is 12.8 Å². The predicted octanol–water partition coefficient (Wildman–Crippen LogP) is 2.90. The summed E-state index contributed by atoms with van der Waals surface area (Å²) in [7, 11) is 0. The largest absolute Gasteiger partial charge is 0.222 e. The normalized spacial score (nSPS) is 18.9. The van der Waals surface area contributed by atoms with E-state index in [9.17, 15) is 0 Å². The van der Waals surface area contributed by atoms with Crippen LogP contribution in [0, 0.1) is 0 Å². The zero-order valence-electron chi connectivity index (χ0n) is 8.30. The van der Waals surface area contributed by atoms with Crippen molar-refractivity contribution in [3.8, 4) is 0 Å². The third-order valence-electron chi connectivity index (χ3n) is 1.95. The first-order valence-electron chi connectivity index (χ1n) is 4.75. The molecule has 2 heteroatoms. The van der Waals surface area contributed by atoms with E-state index < -0.39 is 0 Å². The van der Waals surface area contributed by atoms with E-state index in [1.807, 2.05) is 0 Å². The van der Waals surface area contributed by atoms with Gasteiger partial charge in [0.05, 0.1) is 17.6 Å². The molecule has 1 rings (SSSR count). The highest BCUT2D eigenvalue weighted by atomic mass is 14.9. The molecule has 12 heavy (non-hydrogen) atoms. The molecular formula is C10H18N2. The van der Waals surface area contributed by atoms with Crippen LogP contribution in [-0.4, -0.2) is 17.6 Å². The first kappa shape index (κ1) is 9.47. The highest BCUT2D eigenvalue weighted by Gasteiger charge is 2.12. The first-order chi connectivity index (χ1) is 5.58. The SMILES string of the molecule is CC(C)(C)N=C=NC1CCCC1. The Labute approximate surface area is 74.8 Å². The minimum absolute atomic E-state index is 0.0257. The Morgan fingerprint density at radius 3 is 2.25 bits per heavy atom. The molecule has 0 heterocycles. The van der Waals surface area contributed by atoms with Gasteiger partial charge in [0.25, 0.3) is 0 Å². The Balaban J connectivity index is 2.42. The summed E-state index contributed by atoms with van der Waals surface area (Å²) in [6, 6.07) is 3.33. The van der Waals surface area contributed by atoms with Crippen molar-refractivity contribution >= 4 is 6.01 Å². The van der Waals surface area contributed by atoms with Gasteiger partial charge in [0.15, 0.2) is 0 Å². The maximum Gasteiger partial charge on any atom is 0.0900 e. The Morgan fingerprint density at radius 1 is 1.17 bits per heavy atom. The van der Waals surface area contributed by atoms with Crippen LogP contribution in [0.2, 0.25) is 0 Å². The minimum atomic E-state index is -0.0257. The van der Waals surface area contributed by atoms with Crippen molar-refractivity contribution in [1.29, 1.82) is 0 Å². The highest BCUT2D eigenvalue weighted by Crippen LogP contribution is 2.20. The second-order valence-electron chi connectivity index (χ2n) is 4.45. The van der Waals surface area contributed by atoms with Crippen LogP contribution in [0.4, 0.5) is 0 Å². The average molecular weight is 166 g/mol. The van der Waals surface area contributed by atoms with Crippen molar-refractivity contribution in [2.24, 2.45) is 9.98 Å². The van der Waals surface area contributed by atoms with Gasteiger partial charge in [0.1, 0.15) is 0 Å². The molecular weight excluding hydrogens is 148 g/mol. The fourth-order valence-corrected chi connectivity index (χ4v) is 1.29. The molecule has 0 unspecified atom stereocenters. The lowest BCUT2D eigenvalue weighted by atomic mass is 10.1. The summed E-state index contributed by atoms with van der Waals surface area (Å²) in [5, 5.41) is 0. The first-order valence-corrected chi connectivity index (χ1v) is 4.75. The maximum absolute atomic E-state index is 4.29. The third kappa shape index (κ3) is 3.68. The molecule has 0 N–H and O–H groups in total. The lowest BCUT2D eigenvalue weighted by Gasteiger charge is -2.07. The maximum atomic E-state index is 4.29. The molecule has 0 saturated heterocycles. The summed E-state index contributed by atoms with van der Waals surface area (Å²) in [5.41, 5.74) is -0.0257. The van der Waals surface area contributed by atoms with Gasteiger partial charge >= 0.3 is 0 Å². The number of aliphatic imine (C=N–C) groups is 2. The lowest BCUT2D eigenvalue weighted by molar-refractivity contribution is 0.585. The molecule has 0 aromatic heterocycles. The molecule has 1 fully saturated rings. The molecule has 68 valence electrons. The predicted molar refractivity (Wildman–Crippen MR) is 51.9 cm³/mol. The van der Waals surface area contributed by atoms with Crippen molar-refractivity contribution in [2.75, 3.05) is 0 Å². The Morgan fingerprint density at radius 2 is 1.75 bits per heavy atom. The lowest BCUT2D eigenvalue weighted by Crippen LogP contribution is -2.08. The van der Waals surface area contributed by atoms with Crippen molar-refractivity contribution in [2.45, 2.75) is 58.0 Å². The zero-order chi connectivity index (χ0) is 9.03. The van der Waals surface area contributed by atoms with E-state index >= 15 is 0 Å². The molecule has 2 nitrogen and oxygen atoms in total. The third-order valence-corrected chi connectivity index (χ3v) is 1.95. The number of hydrogen-bond acceptors (Lipinski definition) is 2. The molecule has 0 radical (unpaired) electrons. The summed E-state index contributed by atoms with van der Waals surface area (Å²) < 4.78 is 0. The number of hydrogen-bond donors (Lipinski definition) is 0. The summed E-state index contributed by atoms with van der Waals surface area (Å²) in [5.74, 6) is 0. The van der Waals surface area contributed by atoms with E-state index in [0.717, 1.165) is 0 Å². The van der Waals surface area contributed by atoms with Crippen LogP contribution in [0.5, 0.6) is 0 Å². The van der Waals surface area contributed by atoms with Gasteiger partial charge in [0.2, 0.25) is 0 Å². The minimum Gasteiger partial charge on any atom is -0.222 e. The van der Waals surface area contributed by atoms with Crippen LogP contribution < -0.4 is 0 Å². The second kappa shape index (κ2) is 3.86. The van der Waals surface area contributed by atoms with E-state index in [-0.39, 0.29) is 5.54 Å². The second-order valence-corrected chi connectivity index (χ2v) is 4.45. The molecule has 1 aliphatic rings. The molecule has 0 bridgehead atoms. The average Bonchev–Trinajstić information content (AvgIpc) is 2.36. The highest BCUT2D eigenvalue weighted by molar-refractivity contribution is 5.42. The van der Waals surface area contributed by atoms with Crippen LogP contribution in [0.1, 0.15) is 46.5 Å². The van der Waals surface area contributed by atoms with E-state index in [4.69, 9.17) is 0 Å². The Bertz CT molecular complexity index is 188. The Kier molecular flexibility index (Phi) is 3.05. The summed E-state index contributed by atoms with van der Waals surface area (Å²) >= 11 is 0. The van der Waals surface area contributed by atoms with E-state index in [2.05, 4.69) is 36.8 Å². The van der Waals surface area contributed by atoms with Gasteiger partial charge in [-0.2, -0.15) is 0 Å². The fraction of sp³-hybridized carbons (Fsp3) is 0.900. The van der Waals surface area contributed by atoms with E-state index in [0.29, 0.717) is 6.04 Å². The molecule has 0 atom stereocenters. The molecule has 0 aliphatic heterocycles. The van der Waals surface area contributed by atoms with Crippen LogP contribution in [0.25, 0.3) is 0 Å². The van der Waals surface area contributed by atoms with Gasteiger partial charge in [-0.25, -0.2) is 9.98 Å². The molecule has 1 saturated carbocycles. The van der Waals surface area contributed by atoms with Gasteiger partial charge in [-0.05, 0) is 33.6 Å². The van der Waals surface area contributed by atoms with Crippen molar-refractivity contribution in [3.63, 3.8) is 0 Å². The standard InChI is InChI=1S/C10H18N2/c1-10(2,3)12-8-11-9-6-4-5-7-9/h9H,4-7H2,1-3H3. The summed E-state index contributed by atoms with van der Waals surface area (Å²) in [4.78, 5) is 8.50. The van der Waals surface area contributed by atoms with Crippen molar-refractivity contribution < 1.29 is 0 Å². The van der Waals surface area contributed by atoms with Gasteiger partial charge in [-0.3, -0.25) is 0 Å². The zero-order valence-corrected chi connectivity index (χ0v) is 8.30. The molecule has 0 amide bonds. The van der Waals surface area contributed by atoms with E-state index in [1.165, 1.54) is 25.7 Å². The molecule has 1 aliphatic carbocycles. The van der Waals surface area contributed by atoms with Gasteiger partial charge in [0, 0.05) is 0 Å². The fourth-order valence-electron chi connectivity index (χ4n) is 1.29. The molecule has 0 aromatic carbocycles. The smallest absolute Gasteiger partial charge is 0.0900 e. The van der Waals surface area contributed by atoms with Gasteiger partial charge in [-0.15, -0.1) is 0 Å². The number of rotatable bonds is 1. The van der Waals surface area contributed by atoms with Crippen LogP contribution in [0.3, 0.4) is 0 Å². The number of nitrogens with zero attached hydrogens (tertiary/aromatic N) is 2. The van der Waals surface area contributed by atoms with Crippen LogP contribution in [0.15, 0.2) is 9.98 Å². The summed E-state index contributed by atoms with van der Waals surface area (Å²) in [6.07, 6.45) is 5.11. The van der Waals surface area contributed by atoms with Gasteiger partial charge < -0.3 is 0 Å². The quantitative estimate of drug-likeness (QED) is 0.535.